The smallest absolute Gasteiger partial charge is 0.250 e. The van der Waals surface area contributed by atoms with Crippen molar-refractivity contribution in [3.8, 4) is 0 Å². The van der Waals surface area contributed by atoms with Gasteiger partial charge in [-0.3, -0.25) is 0 Å². The van der Waals surface area contributed by atoms with E-state index in [1.54, 1.807) is 18.2 Å². The highest BCUT2D eigenvalue weighted by Gasteiger charge is 2.24. The Balaban J connectivity index is 1.88. The Hall–Kier alpha value is -0.730. The second kappa shape index (κ2) is 5.57. The molecule has 0 amide bonds. The number of rotatable bonds is 3. The van der Waals surface area contributed by atoms with Gasteiger partial charge in [0, 0.05) is 12.6 Å². The van der Waals surface area contributed by atoms with Crippen molar-refractivity contribution < 1.29 is 13.2 Å². The first-order valence-corrected chi connectivity index (χ1v) is 8.88. The Kier molecular flexibility index (Phi) is 3.96. The molecule has 3 heterocycles. The van der Waals surface area contributed by atoms with Crippen molar-refractivity contribution in [2.24, 2.45) is 0 Å². The number of thiophene rings is 1. The second-order valence-corrected chi connectivity index (χ2v) is 8.03. The Morgan fingerprint density at radius 1 is 1.45 bits per heavy atom. The number of nitrogens with zero attached hydrogens (tertiary/aromatic N) is 1. The monoisotopic (exact) mass is 332 g/mol. The molecular weight excluding hydrogens is 320 g/mol. The molecule has 1 saturated heterocycles. The Morgan fingerprint density at radius 3 is 3.05 bits per heavy atom. The van der Waals surface area contributed by atoms with Crippen molar-refractivity contribution in [2.45, 2.75) is 23.1 Å². The lowest BCUT2D eigenvalue weighted by molar-refractivity contribution is 0.0774. The van der Waals surface area contributed by atoms with Crippen LogP contribution in [-0.2, 0) is 14.8 Å². The molecule has 0 saturated carbocycles. The van der Waals surface area contributed by atoms with E-state index in [4.69, 9.17) is 16.3 Å². The summed E-state index contributed by atoms with van der Waals surface area (Å²) >= 11 is 7.00. The van der Waals surface area contributed by atoms with Crippen molar-refractivity contribution in [1.29, 1.82) is 0 Å². The molecule has 0 unspecified atom stereocenters. The van der Waals surface area contributed by atoms with Gasteiger partial charge in [0.1, 0.15) is 9.36 Å². The summed E-state index contributed by atoms with van der Waals surface area (Å²) < 4.78 is 33.7. The van der Waals surface area contributed by atoms with Gasteiger partial charge in [-0.1, -0.05) is 11.6 Å². The van der Waals surface area contributed by atoms with Crippen LogP contribution in [0.5, 0.6) is 0 Å². The first kappa shape index (κ1) is 14.2. The van der Waals surface area contributed by atoms with E-state index in [-0.39, 0.29) is 10.3 Å². The van der Waals surface area contributed by atoms with Gasteiger partial charge >= 0.3 is 0 Å². The molecular formula is C12H13ClN2O3S2. The normalized spacial score (nSPS) is 20.4. The van der Waals surface area contributed by atoms with Gasteiger partial charge in [0.25, 0.3) is 0 Å². The van der Waals surface area contributed by atoms with Crippen LogP contribution >= 0.6 is 22.9 Å². The lowest BCUT2D eigenvalue weighted by Gasteiger charge is -2.22. The van der Waals surface area contributed by atoms with Crippen molar-refractivity contribution in [3.63, 3.8) is 0 Å². The number of hydrogen-bond donors (Lipinski definition) is 1. The maximum Gasteiger partial charge on any atom is 0.250 e. The van der Waals surface area contributed by atoms with E-state index in [9.17, 15) is 8.42 Å². The van der Waals surface area contributed by atoms with Crippen LogP contribution in [0, 0.1) is 0 Å². The van der Waals surface area contributed by atoms with Crippen LogP contribution in [0.25, 0.3) is 10.2 Å². The van der Waals surface area contributed by atoms with E-state index < -0.39 is 10.0 Å². The third-order valence-electron chi connectivity index (χ3n) is 3.06. The molecule has 0 radical (unpaired) electrons. The summed E-state index contributed by atoms with van der Waals surface area (Å²) in [6, 6.07) is 4.82. The van der Waals surface area contributed by atoms with E-state index in [0.29, 0.717) is 23.9 Å². The fourth-order valence-electron chi connectivity index (χ4n) is 2.12. The summed E-state index contributed by atoms with van der Waals surface area (Å²) in [6.07, 6.45) is 1.67. The van der Waals surface area contributed by atoms with Crippen LogP contribution in [0.15, 0.2) is 22.4 Å². The molecule has 2 aromatic heterocycles. The molecule has 0 bridgehead atoms. The SMILES string of the molecule is O=S(=O)(N[C@@H]1CCCOC1)c1cc2nc(Cl)ccc2s1. The highest BCUT2D eigenvalue weighted by molar-refractivity contribution is 7.91. The quantitative estimate of drug-likeness (QED) is 0.876. The molecule has 0 aliphatic carbocycles. The number of halogens is 1. The van der Waals surface area contributed by atoms with Gasteiger partial charge in [0.2, 0.25) is 10.0 Å². The number of ether oxygens (including phenoxy) is 1. The summed E-state index contributed by atoms with van der Waals surface area (Å²) in [5, 5.41) is 0.355. The lowest BCUT2D eigenvalue weighted by Crippen LogP contribution is -2.40. The van der Waals surface area contributed by atoms with Gasteiger partial charge in [0.05, 0.1) is 16.8 Å². The first-order chi connectivity index (χ1) is 9.54. The van der Waals surface area contributed by atoms with Crippen molar-refractivity contribution in [2.75, 3.05) is 13.2 Å². The molecule has 1 N–H and O–H groups in total. The van der Waals surface area contributed by atoms with E-state index >= 15 is 0 Å². The first-order valence-electron chi connectivity index (χ1n) is 6.21. The minimum Gasteiger partial charge on any atom is -0.380 e. The van der Waals surface area contributed by atoms with Crippen LogP contribution in [0.4, 0.5) is 0 Å². The van der Waals surface area contributed by atoms with Gasteiger partial charge in [-0.15, -0.1) is 11.3 Å². The fraction of sp³-hybridized carbons (Fsp3) is 0.417. The maximum absolute atomic E-state index is 12.3. The van der Waals surface area contributed by atoms with E-state index in [0.717, 1.165) is 17.5 Å². The summed E-state index contributed by atoms with van der Waals surface area (Å²) in [5.74, 6) is 0. The number of nitrogens with one attached hydrogen (secondary N) is 1. The van der Waals surface area contributed by atoms with Gasteiger partial charge in [-0.05, 0) is 31.0 Å². The molecule has 1 fully saturated rings. The second-order valence-electron chi connectivity index (χ2n) is 4.62. The molecule has 1 atom stereocenters. The zero-order valence-electron chi connectivity index (χ0n) is 10.5. The van der Waals surface area contributed by atoms with Gasteiger partial charge in [-0.25, -0.2) is 18.1 Å². The molecule has 20 heavy (non-hydrogen) atoms. The summed E-state index contributed by atoms with van der Waals surface area (Å²) in [4.78, 5) is 4.12. The predicted molar refractivity (Wildman–Crippen MR) is 78.8 cm³/mol. The van der Waals surface area contributed by atoms with E-state index in [1.165, 1.54) is 11.3 Å². The molecule has 3 rings (SSSR count). The zero-order valence-corrected chi connectivity index (χ0v) is 12.9. The summed E-state index contributed by atoms with van der Waals surface area (Å²) in [6.45, 7) is 1.12. The molecule has 108 valence electrons. The van der Waals surface area contributed by atoms with Crippen LogP contribution in [0.3, 0.4) is 0 Å². The predicted octanol–water partition coefficient (Wildman–Crippen LogP) is 2.41. The number of hydrogen-bond acceptors (Lipinski definition) is 5. The highest BCUT2D eigenvalue weighted by atomic mass is 35.5. The van der Waals surface area contributed by atoms with Crippen LogP contribution in [0.2, 0.25) is 5.15 Å². The number of fused-ring (bicyclic) bond motifs is 1. The molecule has 2 aromatic rings. The Labute approximate surface area is 126 Å². The van der Waals surface area contributed by atoms with Crippen LogP contribution in [-0.4, -0.2) is 32.7 Å². The van der Waals surface area contributed by atoms with Gasteiger partial charge in [-0.2, -0.15) is 0 Å². The summed E-state index contributed by atoms with van der Waals surface area (Å²) in [7, 11) is -3.53. The van der Waals surface area contributed by atoms with Gasteiger partial charge in [0.15, 0.2) is 0 Å². The van der Waals surface area contributed by atoms with Gasteiger partial charge < -0.3 is 4.74 Å². The molecule has 5 nitrogen and oxygen atoms in total. The largest absolute Gasteiger partial charge is 0.380 e. The molecule has 1 aliphatic heterocycles. The maximum atomic E-state index is 12.3. The average molecular weight is 333 g/mol. The van der Waals surface area contributed by atoms with E-state index in [2.05, 4.69) is 9.71 Å². The van der Waals surface area contributed by atoms with Crippen molar-refractivity contribution in [3.05, 3.63) is 23.4 Å². The molecule has 0 spiro atoms. The molecule has 8 heteroatoms. The van der Waals surface area contributed by atoms with Crippen LogP contribution < -0.4 is 4.72 Å². The van der Waals surface area contributed by atoms with E-state index in [1.807, 2.05) is 0 Å². The Bertz CT molecular complexity index is 723. The lowest BCUT2D eigenvalue weighted by atomic mass is 10.1. The van der Waals surface area contributed by atoms with Crippen molar-refractivity contribution >= 4 is 43.2 Å². The minimum atomic E-state index is -3.53. The molecule has 0 aromatic carbocycles. The fourth-order valence-corrected chi connectivity index (χ4v) is 4.87. The standard InChI is InChI=1S/C12H13ClN2O3S2/c13-11-4-3-10-9(14-11)6-12(19-10)20(16,17)15-8-2-1-5-18-7-8/h3-4,6,8,15H,1-2,5,7H2/t8-/m1/s1. The van der Waals surface area contributed by atoms with Crippen molar-refractivity contribution in [1.82, 2.24) is 9.71 Å². The molecule has 1 aliphatic rings. The minimum absolute atomic E-state index is 0.157. The Morgan fingerprint density at radius 2 is 2.30 bits per heavy atom. The topological polar surface area (TPSA) is 68.3 Å². The number of pyridine rings is 1. The third kappa shape index (κ3) is 2.96. The zero-order chi connectivity index (χ0) is 14.2. The number of sulfonamides is 1. The van der Waals surface area contributed by atoms with Crippen LogP contribution in [0.1, 0.15) is 12.8 Å². The number of aromatic nitrogens is 1. The summed E-state index contributed by atoms with van der Waals surface area (Å²) in [5.41, 5.74) is 0.600. The third-order valence-corrected chi connectivity index (χ3v) is 6.36. The highest BCUT2D eigenvalue weighted by Crippen LogP contribution is 2.29. The average Bonchev–Trinajstić information content (AvgIpc) is 2.83.